The van der Waals surface area contributed by atoms with Gasteiger partial charge in [-0.1, -0.05) is 42.3 Å². The van der Waals surface area contributed by atoms with Gasteiger partial charge < -0.3 is 14.7 Å². The summed E-state index contributed by atoms with van der Waals surface area (Å²) in [5.41, 5.74) is 4.25. The summed E-state index contributed by atoms with van der Waals surface area (Å²) in [5.74, 6) is 0.761. The summed E-state index contributed by atoms with van der Waals surface area (Å²) >= 11 is 0. The maximum atomic E-state index is 12.4. The van der Waals surface area contributed by atoms with E-state index in [1.807, 2.05) is 13.8 Å². The zero-order valence-electron chi connectivity index (χ0n) is 17.3. The second-order valence-corrected chi connectivity index (χ2v) is 7.82. The fourth-order valence-electron chi connectivity index (χ4n) is 3.66. The van der Waals surface area contributed by atoms with Gasteiger partial charge in [-0.3, -0.25) is 4.90 Å². The van der Waals surface area contributed by atoms with Crippen LogP contribution >= 0.6 is 0 Å². The van der Waals surface area contributed by atoms with Gasteiger partial charge in [-0.05, 0) is 50.9 Å². The molecule has 0 aliphatic carbocycles. The molecule has 2 amide bonds. The topological polar surface area (TPSA) is 61.6 Å². The van der Waals surface area contributed by atoms with Crippen molar-refractivity contribution < 1.29 is 9.32 Å². The second-order valence-electron chi connectivity index (χ2n) is 7.82. The van der Waals surface area contributed by atoms with Crippen molar-refractivity contribution in [2.45, 2.75) is 59.2 Å². The lowest BCUT2D eigenvalue weighted by molar-refractivity contribution is 0.206. The van der Waals surface area contributed by atoms with Crippen LogP contribution in [0.5, 0.6) is 0 Å². The number of aryl methyl sites for hydroxylation is 2. The number of urea groups is 1. The molecule has 1 fully saturated rings. The van der Waals surface area contributed by atoms with Gasteiger partial charge in [0, 0.05) is 25.7 Å². The molecule has 0 bridgehead atoms. The average molecular weight is 385 g/mol. The Kier molecular flexibility index (Phi) is 7.09. The number of nitrogens with one attached hydrogen (secondary N) is 1. The number of rotatable bonds is 6. The number of amides is 2. The molecule has 1 aliphatic heterocycles. The number of hydrogen-bond acceptors (Lipinski definition) is 4. The summed E-state index contributed by atoms with van der Waals surface area (Å²) in [6.45, 7) is 8.20. The van der Waals surface area contributed by atoms with Crippen LogP contribution in [0.3, 0.4) is 0 Å². The van der Waals surface area contributed by atoms with Crippen molar-refractivity contribution in [3.63, 3.8) is 0 Å². The number of nitrogens with zero attached hydrogens (tertiary/aromatic N) is 3. The monoisotopic (exact) mass is 384 g/mol. The summed E-state index contributed by atoms with van der Waals surface area (Å²) in [5, 5.41) is 6.93. The van der Waals surface area contributed by atoms with E-state index in [9.17, 15) is 4.79 Å². The maximum absolute atomic E-state index is 12.4. The lowest BCUT2D eigenvalue weighted by Gasteiger charge is -2.20. The Balaban J connectivity index is 1.46. The van der Waals surface area contributed by atoms with Gasteiger partial charge >= 0.3 is 6.03 Å². The smallest absolute Gasteiger partial charge is 0.317 e. The van der Waals surface area contributed by atoms with Crippen LogP contribution in [0.15, 0.2) is 28.8 Å². The normalized spacial score (nSPS) is 15.2. The number of likely N-dealkylation sites (tertiary alicyclic amines) is 1. The molecule has 2 heterocycles. The Morgan fingerprint density at radius 3 is 2.36 bits per heavy atom. The van der Waals surface area contributed by atoms with E-state index >= 15 is 0 Å². The second kappa shape index (κ2) is 9.73. The predicted octanol–water partition coefficient (Wildman–Crippen LogP) is 4.01. The zero-order valence-corrected chi connectivity index (χ0v) is 17.3. The van der Waals surface area contributed by atoms with E-state index in [2.05, 4.69) is 39.6 Å². The molecule has 0 unspecified atom stereocenters. The Labute approximate surface area is 167 Å². The molecular weight excluding hydrogens is 352 g/mol. The van der Waals surface area contributed by atoms with Crippen LogP contribution in [0.4, 0.5) is 4.79 Å². The zero-order chi connectivity index (χ0) is 19.9. The Hall–Kier alpha value is -2.34. The van der Waals surface area contributed by atoms with Crippen LogP contribution in [0.1, 0.15) is 53.8 Å². The largest absolute Gasteiger partial charge is 0.361 e. The highest BCUT2D eigenvalue weighted by Gasteiger charge is 2.15. The molecule has 0 spiro atoms. The number of hydrogen-bond donors (Lipinski definition) is 1. The number of carbonyl (C=O) groups excluding carboxylic acids is 1. The van der Waals surface area contributed by atoms with E-state index in [-0.39, 0.29) is 6.03 Å². The van der Waals surface area contributed by atoms with E-state index in [1.165, 1.54) is 44.3 Å². The first-order valence-corrected chi connectivity index (χ1v) is 10.2. The third kappa shape index (κ3) is 5.58. The predicted molar refractivity (Wildman–Crippen MR) is 110 cm³/mol. The number of benzene rings is 1. The van der Waals surface area contributed by atoms with Gasteiger partial charge in [0.2, 0.25) is 0 Å². The quantitative estimate of drug-likeness (QED) is 0.817. The van der Waals surface area contributed by atoms with Gasteiger partial charge in [0.25, 0.3) is 0 Å². The van der Waals surface area contributed by atoms with E-state index < -0.39 is 0 Å². The molecule has 0 saturated carbocycles. The standard InChI is InChI=1S/C22H32N4O2/c1-17-21(18(2)28-24-17)16-25(3)22(27)23-14-19-8-10-20(11-9-19)15-26-12-6-4-5-7-13-26/h8-11H,4-7,12-16H2,1-3H3,(H,23,27). The molecule has 1 saturated heterocycles. The Morgan fingerprint density at radius 2 is 1.75 bits per heavy atom. The van der Waals surface area contributed by atoms with Gasteiger partial charge in [-0.2, -0.15) is 0 Å². The summed E-state index contributed by atoms with van der Waals surface area (Å²) in [4.78, 5) is 16.6. The first kappa shape index (κ1) is 20.4. The third-order valence-electron chi connectivity index (χ3n) is 5.49. The van der Waals surface area contributed by atoms with Gasteiger partial charge in [0.15, 0.2) is 0 Å². The van der Waals surface area contributed by atoms with Crippen molar-refractivity contribution in [3.05, 3.63) is 52.4 Å². The minimum Gasteiger partial charge on any atom is -0.361 e. The van der Waals surface area contributed by atoms with Gasteiger partial charge in [0.1, 0.15) is 5.76 Å². The summed E-state index contributed by atoms with van der Waals surface area (Å²) in [6.07, 6.45) is 5.34. The highest BCUT2D eigenvalue weighted by atomic mass is 16.5. The average Bonchev–Trinajstić information content (AvgIpc) is 2.89. The molecule has 3 rings (SSSR count). The Morgan fingerprint density at radius 1 is 1.11 bits per heavy atom. The van der Waals surface area contributed by atoms with Crippen LogP contribution in [0, 0.1) is 13.8 Å². The molecule has 2 aromatic rings. The SMILES string of the molecule is Cc1noc(C)c1CN(C)C(=O)NCc1ccc(CN2CCCCCC2)cc1. The van der Waals surface area contributed by atoms with E-state index in [1.54, 1.807) is 11.9 Å². The highest BCUT2D eigenvalue weighted by molar-refractivity contribution is 5.73. The molecule has 1 aromatic heterocycles. The van der Waals surface area contributed by atoms with Gasteiger partial charge in [-0.15, -0.1) is 0 Å². The van der Waals surface area contributed by atoms with E-state index in [0.29, 0.717) is 13.1 Å². The fraction of sp³-hybridized carbons (Fsp3) is 0.545. The summed E-state index contributed by atoms with van der Waals surface area (Å²) in [6, 6.07) is 8.48. The molecule has 0 atom stereocenters. The fourth-order valence-corrected chi connectivity index (χ4v) is 3.66. The number of carbonyl (C=O) groups is 1. The van der Waals surface area contributed by atoms with Crippen LogP contribution in [0.2, 0.25) is 0 Å². The first-order chi connectivity index (χ1) is 13.5. The first-order valence-electron chi connectivity index (χ1n) is 10.2. The van der Waals surface area contributed by atoms with Crippen LogP contribution < -0.4 is 5.32 Å². The molecule has 152 valence electrons. The van der Waals surface area contributed by atoms with E-state index in [0.717, 1.165) is 29.1 Å². The minimum atomic E-state index is -0.103. The minimum absolute atomic E-state index is 0.103. The summed E-state index contributed by atoms with van der Waals surface area (Å²) < 4.78 is 5.17. The van der Waals surface area contributed by atoms with Gasteiger partial charge in [-0.25, -0.2) is 4.79 Å². The molecule has 1 aliphatic rings. The molecule has 28 heavy (non-hydrogen) atoms. The summed E-state index contributed by atoms with van der Waals surface area (Å²) in [7, 11) is 1.78. The maximum Gasteiger partial charge on any atom is 0.317 e. The van der Waals surface area contributed by atoms with Crippen LogP contribution in [-0.2, 0) is 19.6 Å². The molecule has 6 heteroatoms. The lowest BCUT2D eigenvalue weighted by atomic mass is 10.1. The van der Waals surface area contributed by atoms with Crippen LogP contribution in [-0.4, -0.2) is 41.1 Å². The third-order valence-corrected chi connectivity index (χ3v) is 5.49. The molecule has 0 radical (unpaired) electrons. The Bertz CT molecular complexity index is 742. The van der Waals surface area contributed by atoms with Crippen molar-refractivity contribution >= 4 is 6.03 Å². The molecular formula is C22H32N4O2. The van der Waals surface area contributed by atoms with Crippen LogP contribution in [0.25, 0.3) is 0 Å². The molecule has 6 nitrogen and oxygen atoms in total. The van der Waals surface area contributed by atoms with E-state index in [4.69, 9.17) is 4.52 Å². The van der Waals surface area contributed by atoms with Gasteiger partial charge in [0.05, 0.1) is 12.2 Å². The molecule has 1 N–H and O–H groups in total. The van der Waals surface area contributed by atoms with Crippen molar-refractivity contribution in [2.24, 2.45) is 0 Å². The molecule has 1 aromatic carbocycles. The highest BCUT2D eigenvalue weighted by Crippen LogP contribution is 2.15. The van der Waals surface area contributed by atoms with Crippen molar-refractivity contribution in [1.82, 2.24) is 20.3 Å². The van der Waals surface area contributed by atoms with Crippen molar-refractivity contribution in [2.75, 3.05) is 20.1 Å². The lowest BCUT2D eigenvalue weighted by Crippen LogP contribution is -2.36. The van der Waals surface area contributed by atoms with Crippen molar-refractivity contribution in [1.29, 1.82) is 0 Å². The van der Waals surface area contributed by atoms with Crippen molar-refractivity contribution in [3.8, 4) is 0 Å². The number of aromatic nitrogens is 1.